The van der Waals surface area contributed by atoms with Crippen LogP contribution in [0.1, 0.15) is 30.1 Å². The van der Waals surface area contributed by atoms with Crippen LogP contribution in [0.4, 0.5) is 0 Å². The van der Waals surface area contributed by atoms with Gasteiger partial charge in [-0.15, -0.1) is 0 Å². The number of nitrogens with zero attached hydrogens (tertiary/aromatic N) is 2. The van der Waals surface area contributed by atoms with E-state index in [1.165, 1.54) is 6.26 Å². The zero-order valence-electron chi connectivity index (χ0n) is 11.0. The predicted molar refractivity (Wildman–Crippen MR) is 75.3 cm³/mol. The molecule has 1 aromatic heterocycles. The number of hydrogen-bond acceptors (Lipinski definition) is 3. The molecule has 1 aliphatic rings. The van der Waals surface area contributed by atoms with Crippen molar-refractivity contribution in [2.24, 2.45) is 0 Å². The monoisotopic (exact) mass is 290 g/mol. The van der Waals surface area contributed by atoms with E-state index in [0.717, 1.165) is 24.9 Å². The number of halogens is 1. The average Bonchev–Trinajstić information content (AvgIpc) is 3.09. The molecule has 20 heavy (non-hydrogen) atoms. The van der Waals surface area contributed by atoms with E-state index in [0.29, 0.717) is 10.7 Å². The van der Waals surface area contributed by atoms with Crippen molar-refractivity contribution in [1.29, 1.82) is 0 Å². The summed E-state index contributed by atoms with van der Waals surface area (Å²) in [6.45, 7) is 0.786. The van der Waals surface area contributed by atoms with E-state index in [1.54, 1.807) is 6.07 Å². The Balaban J connectivity index is 1.77. The van der Waals surface area contributed by atoms with Crippen LogP contribution in [0.2, 0.25) is 5.02 Å². The molecule has 1 saturated heterocycles. The van der Waals surface area contributed by atoms with Gasteiger partial charge in [0.1, 0.15) is 6.26 Å². The average molecular weight is 291 g/mol. The Bertz CT molecular complexity index is 598. The third-order valence-corrected chi connectivity index (χ3v) is 3.87. The molecule has 1 aliphatic heterocycles. The third kappa shape index (κ3) is 2.70. The fourth-order valence-electron chi connectivity index (χ4n) is 2.71. The van der Waals surface area contributed by atoms with Crippen molar-refractivity contribution >= 4 is 17.5 Å². The fourth-order valence-corrected chi connectivity index (χ4v) is 2.91. The van der Waals surface area contributed by atoms with Crippen LogP contribution in [0.15, 0.2) is 41.1 Å². The summed E-state index contributed by atoms with van der Waals surface area (Å²) >= 11 is 6.04. The number of benzene rings is 1. The Morgan fingerprint density at radius 3 is 3.10 bits per heavy atom. The number of carbonyl (C=O) groups excluding carboxylic acids is 1. The highest BCUT2D eigenvalue weighted by atomic mass is 35.5. The summed E-state index contributed by atoms with van der Waals surface area (Å²) in [5.41, 5.74) is 1.77. The van der Waals surface area contributed by atoms with Gasteiger partial charge in [-0.3, -0.25) is 4.79 Å². The van der Waals surface area contributed by atoms with Crippen molar-refractivity contribution in [2.45, 2.75) is 25.3 Å². The summed E-state index contributed by atoms with van der Waals surface area (Å²) < 4.78 is 4.77. The van der Waals surface area contributed by atoms with Crippen LogP contribution in [0.25, 0.3) is 0 Å². The Hall–Kier alpha value is -1.81. The Kier molecular flexibility index (Phi) is 3.74. The minimum atomic E-state index is 0.0846. The fraction of sp³-hybridized carbons (Fsp3) is 0.333. The van der Waals surface area contributed by atoms with Crippen LogP contribution in [-0.4, -0.2) is 22.5 Å². The molecule has 0 saturated carbocycles. The van der Waals surface area contributed by atoms with Crippen molar-refractivity contribution in [2.75, 3.05) is 6.54 Å². The van der Waals surface area contributed by atoms with Crippen LogP contribution in [0, 0.1) is 0 Å². The first-order chi connectivity index (χ1) is 9.74. The molecule has 0 radical (unpaired) electrons. The molecule has 3 rings (SSSR count). The van der Waals surface area contributed by atoms with E-state index in [2.05, 4.69) is 5.16 Å². The highest BCUT2D eigenvalue weighted by molar-refractivity contribution is 6.30. The van der Waals surface area contributed by atoms with Crippen molar-refractivity contribution in [3.05, 3.63) is 52.9 Å². The van der Waals surface area contributed by atoms with Crippen molar-refractivity contribution in [3.8, 4) is 0 Å². The molecule has 0 N–H and O–H groups in total. The van der Waals surface area contributed by atoms with Crippen molar-refractivity contribution in [1.82, 2.24) is 10.1 Å². The smallest absolute Gasteiger partial charge is 0.229 e. The van der Waals surface area contributed by atoms with Gasteiger partial charge in [-0.2, -0.15) is 0 Å². The normalized spacial score (nSPS) is 18.4. The second-order valence-corrected chi connectivity index (χ2v) is 5.40. The maximum Gasteiger partial charge on any atom is 0.229 e. The lowest BCUT2D eigenvalue weighted by molar-refractivity contribution is -0.131. The molecule has 2 aromatic rings. The molecule has 1 amide bonds. The summed E-state index contributed by atoms with van der Waals surface area (Å²) in [4.78, 5) is 14.3. The number of hydrogen-bond donors (Lipinski definition) is 0. The summed E-state index contributed by atoms with van der Waals surface area (Å²) in [6, 6.07) is 9.58. The number of rotatable bonds is 3. The van der Waals surface area contributed by atoms with Gasteiger partial charge in [-0.05, 0) is 30.5 Å². The molecular weight excluding hydrogens is 276 g/mol. The van der Waals surface area contributed by atoms with Crippen LogP contribution in [-0.2, 0) is 11.2 Å². The van der Waals surface area contributed by atoms with E-state index in [-0.39, 0.29) is 18.4 Å². The van der Waals surface area contributed by atoms with Gasteiger partial charge in [0, 0.05) is 17.6 Å². The first-order valence-electron chi connectivity index (χ1n) is 6.68. The van der Waals surface area contributed by atoms with E-state index < -0.39 is 0 Å². The lowest BCUT2D eigenvalue weighted by Gasteiger charge is -2.25. The Labute approximate surface area is 122 Å². The summed E-state index contributed by atoms with van der Waals surface area (Å²) in [5, 5.41) is 4.50. The highest BCUT2D eigenvalue weighted by Crippen LogP contribution is 2.33. The van der Waals surface area contributed by atoms with Crippen LogP contribution in [0.5, 0.6) is 0 Å². The lowest BCUT2D eigenvalue weighted by Crippen LogP contribution is -2.31. The Morgan fingerprint density at radius 2 is 2.35 bits per heavy atom. The quantitative estimate of drug-likeness (QED) is 0.872. The van der Waals surface area contributed by atoms with Gasteiger partial charge in [0.25, 0.3) is 0 Å². The van der Waals surface area contributed by atoms with Gasteiger partial charge in [0.05, 0.1) is 18.2 Å². The zero-order chi connectivity index (χ0) is 13.9. The van der Waals surface area contributed by atoms with E-state index in [9.17, 15) is 4.79 Å². The largest absolute Gasteiger partial charge is 0.364 e. The second-order valence-electron chi connectivity index (χ2n) is 4.97. The molecule has 1 fully saturated rings. The maximum absolute atomic E-state index is 12.4. The number of carbonyl (C=O) groups is 1. The SMILES string of the molecule is O=C(Cc1ccon1)N1CCCC1c1cccc(Cl)c1. The zero-order valence-corrected chi connectivity index (χ0v) is 11.7. The van der Waals surface area contributed by atoms with Gasteiger partial charge in [-0.1, -0.05) is 28.9 Å². The highest BCUT2D eigenvalue weighted by Gasteiger charge is 2.30. The van der Waals surface area contributed by atoms with Gasteiger partial charge in [0.15, 0.2) is 0 Å². The van der Waals surface area contributed by atoms with Gasteiger partial charge in [0.2, 0.25) is 5.91 Å². The minimum Gasteiger partial charge on any atom is -0.364 e. The molecule has 0 spiro atoms. The van der Waals surface area contributed by atoms with Crippen LogP contribution in [0.3, 0.4) is 0 Å². The van der Waals surface area contributed by atoms with Crippen molar-refractivity contribution < 1.29 is 9.32 Å². The molecule has 104 valence electrons. The van der Waals surface area contributed by atoms with E-state index >= 15 is 0 Å². The number of aromatic nitrogens is 1. The summed E-state index contributed by atoms with van der Waals surface area (Å²) in [5.74, 6) is 0.0846. The van der Waals surface area contributed by atoms with Crippen LogP contribution >= 0.6 is 11.6 Å². The van der Waals surface area contributed by atoms with E-state index in [4.69, 9.17) is 16.1 Å². The minimum absolute atomic E-state index is 0.0846. The van der Waals surface area contributed by atoms with E-state index in [1.807, 2.05) is 29.2 Å². The first kappa shape index (κ1) is 13.2. The summed E-state index contributed by atoms with van der Waals surface area (Å²) in [7, 11) is 0. The first-order valence-corrected chi connectivity index (χ1v) is 7.06. The number of likely N-dealkylation sites (tertiary alicyclic amines) is 1. The van der Waals surface area contributed by atoms with Crippen molar-refractivity contribution in [3.63, 3.8) is 0 Å². The summed E-state index contributed by atoms with van der Waals surface area (Å²) in [6.07, 6.45) is 3.77. The Morgan fingerprint density at radius 1 is 1.45 bits per heavy atom. The standard InChI is InChI=1S/C15H15ClN2O2/c16-12-4-1-3-11(9-12)14-5-2-7-18(14)15(19)10-13-6-8-20-17-13/h1,3-4,6,8-9,14H,2,5,7,10H2. The molecule has 5 heteroatoms. The third-order valence-electron chi connectivity index (χ3n) is 3.63. The molecular formula is C15H15ClN2O2. The predicted octanol–water partition coefficient (Wildman–Crippen LogP) is 3.23. The topological polar surface area (TPSA) is 46.3 Å². The molecule has 0 bridgehead atoms. The molecule has 1 atom stereocenters. The lowest BCUT2D eigenvalue weighted by atomic mass is 10.0. The molecule has 1 unspecified atom stereocenters. The van der Waals surface area contributed by atoms with Gasteiger partial charge >= 0.3 is 0 Å². The molecule has 0 aliphatic carbocycles. The molecule has 4 nitrogen and oxygen atoms in total. The van der Waals surface area contributed by atoms with Crippen LogP contribution < -0.4 is 0 Å². The van der Waals surface area contributed by atoms with Gasteiger partial charge < -0.3 is 9.42 Å². The van der Waals surface area contributed by atoms with Gasteiger partial charge in [-0.25, -0.2) is 0 Å². The molecule has 2 heterocycles. The maximum atomic E-state index is 12.4. The molecule has 1 aromatic carbocycles. The number of amides is 1. The second kappa shape index (κ2) is 5.67.